The van der Waals surface area contributed by atoms with Crippen LogP contribution in [0.15, 0.2) is 54.7 Å². The van der Waals surface area contributed by atoms with E-state index in [1.807, 2.05) is 43.8 Å². The molecule has 4 N–H and O–H groups in total. The highest BCUT2D eigenvalue weighted by Gasteiger charge is 2.03. The first-order valence-electron chi connectivity index (χ1n) is 14.6. The Labute approximate surface area is 262 Å². The van der Waals surface area contributed by atoms with Gasteiger partial charge in [0.15, 0.2) is 0 Å². The second kappa shape index (κ2) is 30.1. The number of halogens is 1. The minimum absolute atomic E-state index is 0.521. The first kappa shape index (κ1) is 42.6. The largest absolute Gasteiger partial charge is 0.396 e. The van der Waals surface area contributed by atoms with Gasteiger partial charge in [-0.3, -0.25) is 0 Å². The normalized spacial score (nSPS) is 9.95. The van der Waals surface area contributed by atoms with Crippen LogP contribution in [0.2, 0.25) is 5.02 Å². The molecule has 0 aliphatic rings. The zero-order valence-corrected chi connectivity index (χ0v) is 29.2. The van der Waals surface area contributed by atoms with Crippen LogP contribution in [-0.4, -0.2) is 29.8 Å². The lowest BCUT2D eigenvalue weighted by Crippen LogP contribution is -2.16. The van der Waals surface area contributed by atoms with Gasteiger partial charge in [0.05, 0.1) is 5.49 Å². The Morgan fingerprint density at radius 1 is 1.18 bits per heavy atom. The molecule has 0 radical (unpaired) electrons. The van der Waals surface area contributed by atoms with E-state index in [0.29, 0.717) is 10.7 Å². The third-order valence-electron chi connectivity index (χ3n) is 5.94. The molecule has 6 heteroatoms. The summed E-state index contributed by atoms with van der Waals surface area (Å²) in [5.74, 6) is 2.00. The Kier molecular flexibility index (Phi) is 32.1. The highest BCUT2D eigenvalue weighted by Crippen LogP contribution is 2.19. The minimum Gasteiger partial charge on any atom is -0.396 e. The smallest absolute Gasteiger partial charge is 0.0588 e. The fourth-order valence-corrected chi connectivity index (χ4v) is 4.01. The van der Waals surface area contributed by atoms with Crippen molar-refractivity contribution in [2.24, 2.45) is 11.7 Å². The quantitative estimate of drug-likeness (QED) is 0.128. The lowest BCUT2D eigenvalue weighted by Gasteiger charge is -2.11. The Morgan fingerprint density at radius 3 is 2.20 bits per heavy atom. The zero-order valence-electron chi connectivity index (χ0n) is 26.8. The number of hydrogen-bond donors (Lipinski definition) is 3. The van der Waals surface area contributed by atoms with Gasteiger partial charge in [-0.05, 0) is 74.5 Å². The van der Waals surface area contributed by atoms with Crippen molar-refractivity contribution in [3.63, 3.8) is 0 Å². The predicted molar refractivity (Wildman–Crippen MR) is 192 cm³/mol. The van der Waals surface area contributed by atoms with Gasteiger partial charge >= 0.3 is 0 Å². The topological polar surface area (TPSA) is 61.9 Å². The van der Waals surface area contributed by atoms with Crippen LogP contribution in [0.4, 0.5) is 0 Å². The van der Waals surface area contributed by atoms with E-state index in [1.54, 1.807) is 6.92 Å². The first-order chi connectivity index (χ1) is 19.1. The second-order valence-corrected chi connectivity index (χ2v) is 10.8. The van der Waals surface area contributed by atoms with Crippen molar-refractivity contribution >= 4 is 46.8 Å². The number of nitrogens with two attached hydrogens (primary N) is 1. The van der Waals surface area contributed by atoms with Crippen LogP contribution in [0.25, 0.3) is 0 Å². The third-order valence-corrected chi connectivity index (χ3v) is 6.86. The SMILES string of the molecule is C=C(CC[C@H](C)CC)NCCSC.CC.CCCc1ccc(C(C)=N)c(Cl)c1.CCc1ccccc1C.NC=S. The number of nitrogens with one attached hydrogen (secondary N) is 2. The van der Waals surface area contributed by atoms with Crippen molar-refractivity contribution in [2.75, 3.05) is 18.6 Å². The van der Waals surface area contributed by atoms with Crippen LogP contribution in [0.1, 0.15) is 96.4 Å². The predicted octanol–water partition coefficient (Wildman–Crippen LogP) is 10.4. The van der Waals surface area contributed by atoms with Crippen LogP contribution in [-0.2, 0) is 12.8 Å². The molecule has 0 aliphatic carbocycles. The summed E-state index contributed by atoms with van der Waals surface area (Å²) in [6.45, 7) is 21.8. The van der Waals surface area contributed by atoms with Crippen molar-refractivity contribution in [3.05, 3.63) is 82.0 Å². The van der Waals surface area contributed by atoms with E-state index in [4.69, 9.17) is 17.0 Å². The van der Waals surface area contributed by atoms with Crippen molar-refractivity contribution < 1.29 is 0 Å². The molecule has 0 fully saturated rings. The van der Waals surface area contributed by atoms with Gasteiger partial charge in [0, 0.05) is 34.3 Å². The minimum atomic E-state index is 0.521. The molecule has 0 saturated heterocycles. The van der Waals surface area contributed by atoms with Crippen LogP contribution < -0.4 is 11.1 Å². The number of aryl methyl sites for hydroxylation is 3. The number of benzene rings is 2. The molecular formula is C34H58ClN3S2. The molecule has 0 aliphatic heterocycles. The molecule has 1 atom stereocenters. The Balaban J connectivity index is -0.000000480. The van der Waals surface area contributed by atoms with Gasteiger partial charge < -0.3 is 16.5 Å². The zero-order chi connectivity index (χ0) is 31.3. The van der Waals surface area contributed by atoms with Gasteiger partial charge in [0.25, 0.3) is 0 Å². The van der Waals surface area contributed by atoms with Gasteiger partial charge in [0.2, 0.25) is 0 Å². The van der Waals surface area contributed by atoms with E-state index in [9.17, 15) is 0 Å². The summed E-state index contributed by atoms with van der Waals surface area (Å²) in [5, 5.41) is 11.5. The van der Waals surface area contributed by atoms with Crippen molar-refractivity contribution in [1.29, 1.82) is 5.41 Å². The van der Waals surface area contributed by atoms with E-state index >= 15 is 0 Å². The average Bonchev–Trinajstić information content (AvgIpc) is 2.94. The number of hydrogen-bond acceptors (Lipinski definition) is 4. The van der Waals surface area contributed by atoms with E-state index in [-0.39, 0.29) is 0 Å². The van der Waals surface area contributed by atoms with E-state index in [1.165, 1.54) is 41.0 Å². The molecule has 0 bridgehead atoms. The fourth-order valence-electron chi connectivity index (χ4n) is 3.36. The Bertz CT molecular complexity index is 916. The van der Waals surface area contributed by atoms with Crippen LogP contribution >= 0.6 is 35.6 Å². The molecule has 3 nitrogen and oxygen atoms in total. The number of allylic oxidation sites excluding steroid dienone is 1. The van der Waals surface area contributed by atoms with Gasteiger partial charge in [-0.1, -0.05) is 121 Å². The van der Waals surface area contributed by atoms with E-state index < -0.39 is 0 Å². The molecule has 0 heterocycles. The van der Waals surface area contributed by atoms with E-state index in [0.717, 1.165) is 49.2 Å². The van der Waals surface area contributed by atoms with Gasteiger partial charge in [-0.25, -0.2) is 0 Å². The maximum atomic E-state index is 7.46. The molecule has 2 aromatic carbocycles. The maximum absolute atomic E-state index is 7.46. The summed E-state index contributed by atoms with van der Waals surface area (Å²) < 4.78 is 0. The van der Waals surface area contributed by atoms with Crippen molar-refractivity contribution in [2.45, 2.75) is 93.9 Å². The maximum Gasteiger partial charge on any atom is 0.0588 e. The van der Waals surface area contributed by atoms with Crippen LogP contribution in [0.3, 0.4) is 0 Å². The number of rotatable bonds is 12. The first-order valence-corrected chi connectivity index (χ1v) is 16.8. The summed E-state index contributed by atoms with van der Waals surface area (Å²) in [5.41, 5.74) is 12.3. The standard InChI is InChI=1S/C11H14ClN.C11H23NS.C9H12.C2H6.CH3NS/c1-3-4-9-5-6-10(8(2)13)11(12)7-9;1-5-10(2)6-7-11(3)12-8-9-13-4;1-3-9-7-5-4-6-8(9)2;1-2;2-1-3/h5-7,13H,3-4H2,1-2H3;10,12H,3,5-9H2,1-2,4H3;4-7H,3H2,1-2H3;1-2H3;1H,(H2,2,3)/t;10-;;;/m.1.../s1. The molecule has 0 unspecified atom stereocenters. The van der Waals surface area contributed by atoms with E-state index in [2.05, 4.69) is 95.0 Å². The molecule has 2 aromatic rings. The van der Waals surface area contributed by atoms with Crippen LogP contribution in [0, 0.1) is 18.3 Å². The second-order valence-electron chi connectivity index (χ2n) is 9.18. The third kappa shape index (κ3) is 24.0. The lowest BCUT2D eigenvalue weighted by atomic mass is 10.0. The number of thioether (sulfide) groups is 1. The molecular weight excluding hydrogens is 550 g/mol. The Hall–Kier alpha value is -1.82. The highest BCUT2D eigenvalue weighted by atomic mass is 35.5. The molecule has 2 rings (SSSR count). The van der Waals surface area contributed by atoms with Crippen molar-refractivity contribution in [1.82, 2.24) is 5.32 Å². The van der Waals surface area contributed by atoms with Gasteiger partial charge in [-0.2, -0.15) is 11.8 Å². The van der Waals surface area contributed by atoms with Crippen molar-refractivity contribution in [3.8, 4) is 0 Å². The molecule has 0 amide bonds. The molecule has 40 heavy (non-hydrogen) atoms. The molecule has 228 valence electrons. The highest BCUT2D eigenvalue weighted by molar-refractivity contribution is 7.98. The summed E-state index contributed by atoms with van der Waals surface area (Å²) in [6, 6.07) is 14.4. The summed E-state index contributed by atoms with van der Waals surface area (Å²) in [7, 11) is 0. The molecule has 0 spiro atoms. The lowest BCUT2D eigenvalue weighted by molar-refractivity contribution is 0.507. The summed E-state index contributed by atoms with van der Waals surface area (Å²) in [4.78, 5) is 0. The van der Waals surface area contributed by atoms with Gasteiger partial charge in [0.1, 0.15) is 0 Å². The summed E-state index contributed by atoms with van der Waals surface area (Å²) in [6.07, 6.45) is 9.12. The monoisotopic (exact) mass is 607 g/mol. The molecule has 0 aromatic heterocycles. The van der Waals surface area contributed by atoms with Crippen LogP contribution in [0.5, 0.6) is 0 Å². The summed E-state index contributed by atoms with van der Waals surface area (Å²) >= 11 is 11.9. The average molecular weight is 608 g/mol. The fraction of sp³-hybridized carbons (Fsp3) is 0.529. The number of thiocarbonyl (C=S) groups is 1. The Morgan fingerprint density at radius 2 is 1.77 bits per heavy atom. The van der Waals surface area contributed by atoms with Gasteiger partial charge in [-0.15, -0.1) is 0 Å². The molecule has 0 saturated carbocycles.